The number of halogens is 3. The highest BCUT2D eigenvalue weighted by atomic mass is 19.4. The molecule has 9 heteroatoms. The van der Waals surface area contributed by atoms with Crippen LogP contribution in [0.25, 0.3) is 11.0 Å². The maximum Gasteiger partial charge on any atom is 0.449 e. The number of esters is 1. The summed E-state index contributed by atoms with van der Waals surface area (Å²) in [6.45, 7) is 0.834. The van der Waals surface area contributed by atoms with Crippen molar-refractivity contribution in [3.8, 4) is 0 Å². The molecule has 0 N–H and O–H groups in total. The molecule has 1 heterocycles. The first kappa shape index (κ1) is 20.4. The highest BCUT2D eigenvalue weighted by Gasteiger charge is 2.38. The molecule has 1 aromatic heterocycles. The Kier molecular flexibility index (Phi) is 5.86. The number of hydrogen-bond acceptors (Lipinski definition) is 4. The molecular formula is C20H18F3N3O3. The van der Waals surface area contributed by atoms with E-state index in [0.29, 0.717) is 12.2 Å². The number of alkyl halides is 3. The van der Waals surface area contributed by atoms with Gasteiger partial charge in [-0.25, -0.2) is 4.98 Å². The predicted molar refractivity (Wildman–Crippen MR) is 100 cm³/mol. The first-order valence-corrected chi connectivity index (χ1v) is 8.84. The summed E-state index contributed by atoms with van der Waals surface area (Å²) in [6, 6.07) is 14.8. The zero-order chi connectivity index (χ0) is 21.0. The lowest BCUT2D eigenvalue weighted by Crippen LogP contribution is -2.35. The molecule has 29 heavy (non-hydrogen) atoms. The number of fused-ring (bicyclic) bond motifs is 1. The smallest absolute Gasteiger partial charge is 0.449 e. The maximum absolute atomic E-state index is 13.3. The van der Waals surface area contributed by atoms with Crippen LogP contribution in [0.1, 0.15) is 12.7 Å². The second-order valence-corrected chi connectivity index (χ2v) is 6.14. The zero-order valence-electron chi connectivity index (χ0n) is 15.5. The van der Waals surface area contributed by atoms with Crippen molar-refractivity contribution in [1.29, 1.82) is 0 Å². The van der Waals surface area contributed by atoms with Crippen LogP contribution in [-0.2, 0) is 27.0 Å². The van der Waals surface area contributed by atoms with Crippen molar-refractivity contribution < 1.29 is 27.5 Å². The summed E-state index contributed by atoms with van der Waals surface area (Å²) >= 11 is 0. The molecule has 3 aromatic rings. The van der Waals surface area contributed by atoms with Crippen LogP contribution in [0.5, 0.6) is 0 Å². The number of likely N-dealkylation sites (N-methyl/N-ethyl adjacent to an activating group) is 1. The van der Waals surface area contributed by atoms with Crippen LogP contribution in [0.15, 0.2) is 54.6 Å². The van der Waals surface area contributed by atoms with Gasteiger partial charge in [-0.15, -0.1) is 0 Å². The van der Waals surface area contributed by atoms with Crippen LogP contribution in [0.3, 0.4) is 0 Å². The lowest BCUT2D eigenvalue weighted by atomic mass is 10.3. The number of para-hydroxylation sites is 3. The zero-order valence-corrected chi connectivity index (χ0v) is 15.5. The molecule has 0 bridgehead atoms. The molecule has 3 rings (SSSR count). The molecule has 1 amide bonds. The van der Waals surface area contributed by atoms with Crippen LogP contribution in [0, 0.1) is 0 Å². The van der Waals surface area contributed by atoms with Crippen LogP contribution < -0.4 is 4.90 Å². The van der Waals surface area contributed by atoms with E-state index >= 15 is 0 Å². The average Bonchev–Trinajstić information content (AvgIpc) is 3.07. The summed E-state index contributed by atoms with van der Waals surface area (Å²) in [6.07, 6.45) is -4.73. The summed E-state index contributed by atoms with van der Waals surface area (Å²) in [5, 5.41) is 0. The van der Waals surface area contributed by atoms with Crippen molar-refractivity contribution in [2.75, 3.05) is 18.1 Å². The van der Waals surface area contributed by atoms with Crippen molar-refractivity contribution in [1.82, 2.24) is 9.55 Å². The van der Waals surface area contributed by atoms with E-state index in [4.69, 9.17) is 4.74 Å². The van der Waals surface area contributed by atoms with Crippen LogP contribution in [-0.4, -0.2) is 34.6 Å². The minimum absolute atomic E-state index is 0.116. The number of amides is 1. The summed E-state index contributed by atoms with van der Waals surface area (Å²) in [7, 11) is 0. The van der Waals surface area contributed by atoms with Crippen molar-refractivity contribution >= 4 is 28.6 Å². The Hall–Kier alpha value is -3.36. The monoisotopic (exact) mass is 405 g/mol. The Bertz CT molecular complexity index is 1020. The Labute approximate surface area is 164 Å². The van der Waals surface area contributed by atoms with Gasteiger partial charge in [-0.05, 0) is 31.2 Å². The molecule has 0 saturated heterocycles. The van der Waals surface area contributed by atoms with Crippen molar-refractivity contribution in [3.05, 3.63) is 60.4 Å². The number of nitrogens with zero attached hydrogens (tertiary/aromatic N) is 3. The van der Waals surface area contributed by atoms with Gasteiger partial charge < -0.3 is 14.2 Å². The van der Waals surface area contributed by atoms with E-state index in [1.165, 1.54) is 17.0 Å². The third-order valence-corrected chi connectivity index (χ3v) is 4.24. The molecule has 0 atom stereocenters. The van der Waals surface area contributed by atoms with Gasteiger partial charge in [-0.3, -0.25) is 9.59 Å². The van der Waals surface area contributed by atoms with E-state index in [1.807, 2.05) is 0 Å². The van der Waals surface area contributed by atoms with Gasteiger partial charge in [-0.2, -0.15) is 13.2 Å². The highest BCUT2D eigenvalue weighted by Crippen LogP contribution is 2.31. The van der Waals surface area contributed by atoms with Gasteiger partial charge in [-0.1, -0.05) is 30.3 Å². The predicted octanol–water partition coefficient (Wildman–Crippen LogP) is 3.65. The van der Waals surface area contributed by atoms with E-state index in [1.54, 1.807) is 49.4 Å². The number of ether oxygens (including phenoxy) is 1. The molecule has 0 spiro atoms. The third kappa shape index (κ3) is 4.56. The molecule has 6 nitrogen and oxygen atoms in total. The fourth-order valence-corrected chi connectivity index (χ4v) is 2.96. The Balaban J connectivity index is 1.72. The van der Waals surface area contributed by atoms with E-state index in [2.05, 4.69) is 4.98 Å². The number of imidazole rings is 1. The number of rotatable bonds is 6. The average molecular weight is 405 g/mol. The van der Waals surface area contributed by atoms with Gasteiger partial charge in [0.15, 0.2) is 6.61 Å². The molecular weight excluding hydrogens is 387 g/mol. The van der Waals surface area contributed by atoms with E-state index < -0.39 is 37.0 Å². The highest BCUT2D eigenvalue weighted by molar-refractivity contribution is 5.95. The summed E-state index contributed by atoms with van der Waals surface area (Å²) in [5.41, 5.74) is 0.906. The minimum atomic E-state index is -4.73. The number of carbonyl (C=O) groups is 2. The topological polar surface area (TPSA) is 64.4 Å². The lowest BCUT2D eigenvalue weighted by molar-refractivity contribution is -0.152. The molecule has 2 aromatic carbocycles. The van der Waals surface area contributed by atoms with Gasteiger partial charge >= 0.3 is 12.1 Å². The SMILES string of the molecule is CCN(C(=O)COC(=O)Cn1c(C(F)(F)F)nc2ccccc21)c1ccccc1. The molecule has 0 aliphatic carbocycles. The lowest BCUT2D eigenvalue weighted by Gasteiger charge is -2.20. The molecule has 0 fully saturated rings. The molecule has 0 aliphatic heterocycles. The number of benzene rings is 2. The normalized spacial score (nSPS) is 11.4. The molecule has 0 unspecified atom stereocenters. The number of carbonyl (C=O) groups excluding carboxylic acids is 2. The van der Waals surface area contributed by atoms with E-state index in [-0.39, 0.29) is 11.0 Å². The van der Waals surface area contributed by atoms with Crippen molar-refractivity contribution in [2.24, 2.45) is 0 Å². The van der Waals surface area contributed by atoms with Gasteiger partial charge in [0.25, 0.3) is 5.91 Å². The summed E-state index contributed by atoms with van der Waals surface area (Å²) < 4.78 is 45.6. The van der Waals surface area contributed by atoms with Crippen molar-refractivity contribution in [3.63, 3.8) is 0 Å². The van der Waals surface area contributed by atoms with Gasteiger partial charge in [0.05, 0.1) is 11.0 Å². The number of hydrogen-bond donors (Lipinski definition) is 0. The van der Waals surface area contributed by atoms with Crippen molar-refractivity contribution in [2.45, 2.75) is 19.6 Å². The quantitative estimate of drug-likeness (QED) is 0.588. The third-order valence-electron chi connectivity index (χ3n) is 4.24. The standard InChI is InChI=1S/C20H18F3N3O3/c1-2-25(14-8-4-3-5-9-14)17(27)13-29-18(28)12-26-16-11-7-6-10-15(16)24-19(26)20(21,22)23/h3-11H,2,12-13H2,1H3. The largest absolute Gasteiger partial charge is 0.454 e. The van der Waals surface area contributed by atoms with E-state index in [0.717, 1.165) is 4.57 Å². The second kappa shape index (κ2) is 8.34. The van der Waals surface area contributed by atoms with Gasteiger partial charge in [0.2, 0.25) is 5.82 Å². The fraction of sp³-hybridized carbons (Fsp3) is 0.250. The number of anilines is 1. The molecule has 0 saturated carbocycles. The maximum atomic E-state index is 13.3. The first-order chi connectivity index (χ1) is 13.8. The summed E-state index contributed by atoms with van der Waals surface area (Å²) in [5.74, 6) is -2.63. The van der Waals surface area contributed by atoms with Crippen LogP contribution in [0.2, 0.25) is 0 Å². The fourth-order valence-electron chi connectivity index (χ4n) is 2.96. The van der Waals surface area contributed by atoms with Crippen LogP contribution in [0.4, 0.5) is 18.9 Å². The Morgan fingerprint density at radius 1 is 1.07 bits per heavy atom. The van der Waals surface area contributed by atoms with Crippen LogP contribution >= 0.6 is 0 Å². The minimum Gasteiger partial charge on any atom is -0.454 e. The van der Waals surface area contributed by atoms with Gasteiger partial charge in [0.1, 0.15) is 6.54 Å². The van der Waals surface area contributed by atoms with Gasteiger partial charge in [0, 0.05) is 12.2 Å². The van der Waals surface area contributed by atoms with E-state index in [9.17, 15) is 22.8 Å². The number of aromatic nitrogens is 2. The molecule has 0 radical (unpaired) electrons. The molecule has 0 aliphatic rings. The molecule has 152 valence electrons. The second-order valence-electron chi connectivity index (χ2n) is 6.14. The Morgan fingerprint density at radius 2 is 1.72 bits per heavy atom. The Morgan fingerprint density at radius 3 is 2.38 bits per heavy atom. The summed E-state index contributed by atoms with van der Waals surface area (Å²) in [4.78, 5) is 29.5. The first-order valence-electron chi connectivity index (χ1n) is 8.84.